The number of hydrogen-bond acceptors (Lipinski definition) is 8. The summed E-state index contributed by atoms with van der Waals surface area (Å²) in [6.07, 6.45) is 1.76. The lowest BCUT2D eigenvalue weighted by Gasteiger charge is -2.39. The molecule has 2 aromatic rings. The first-order valence-corrected chi connectivity index (χ1v) is 19.7. The largest absolute Gasteiger partial charge is 0.458 e. The molecule has 2 aromatic carbocycles. The van der Waals surface area contributed by atoms with Crippen molar-refractivity contribution in [2.75, 3.05) is 25.0 Å². The van der Waals surface area contributed by atoms with Gasteiger partial charge in [-0.3, -0.25) is 24.0 Å². The van der Waals surface area contributed by atoms with Crippen molar-refractivity contribution in [3.63, 3.8) is 0 Å². The number of nitrogens with one attached hydrogen (secondary N) is 4. The first-order chi connectivity index (χ1) is 26.8. The highest BCUT2D eigenvalue weighted by Crippen LogP contribution is 2.29. The van der Waals surface area contributed by atoms with Crippen LogP contribution in [0, 0.1) is 12.8 Å². The molecule has 8 atom stereocenters. The van der Waals surface area contributed by atoms with Gasteiger partial charge in [0.05, 0.1) is 0 Å². The summed E-state index contributed by atoms with van der Waals surface area (Å²) in [5.74, 6) is -3.46. The number of esters is 1. The minimum absolute atomic E-state index is 0.0541. The summed E-state index contributed by atoms with van der Waals surface area (Å²) in [5.41, 5.74) is 2.26. The highest BCUT2D eigenvalue weighted by atomic mass is 16.5. The summed E-state index contributed by atoms with van der Waals surface area (Å²) in [4.78, 5) is 102. The van der Waals surface area contributed by atoms with E-state index >= 15 is 0 Å². The zero-order chi connectivity index (χ0) is 40.1. The van der Waals surface area contributed by atoms with Gasteiger partial charge in [-0.2, -0.15) is 0 Å². The SMILES string of the molecule is Cc1ccc(NC(=O)N[C@@H](Cc2ccccc2)C(=O)N[C@@H]2C(=O)N3CCC[C@H]3C(=O)N3CCCC[C@H]3C(=O)N[C@@H](C)C(=O)N3C[C@@H](C)C[C@H]3C(=O)O[C@H]2C)cc1. The number of benzene rings is 2. The number of amides is 7. The number of rotatable bonds is 6. The zero-order valence-corrected chi connectivity index (χ0v) is 32.5. The molecule has 0 saturated carbocycles. The van der Waals surface area contributed by atoms with Crippen LogP contribution in [0.3, 0.4) is 0 Å². The molecule has 0 aliphatic carbocycles. The summed E-state index contributed by atoms with van der Waals surface area (Å²) >= 11 is 0. The van der Waals surface area contributed by atoms with Crippen LogP contribution in [0.1, 0.15) is 70.4 Å². The Hall–Kier alpha value is -5.47. The summed E-state index contributed by atoms with van der Waals surface area (Å²) in [6.45, 7) is 7.67. The summed E-state index contributed by atoms with van der Waals surface area (Å²) in [6, 6.07) is 9.24. The van der Waals surface area contributed by atoms with E-state index in [1.807, 2.05) is 56.3 Å². The third-order valence-electron chi connectivity index (χ3n) is 11.3. The number of hydrogen-bond donors (Lipinski definition) is 4. The van der Waals surface area contributed by atoms with E-state index in [-0.39, 0.29) is 31.3 Å². The first kappa shape index (κ1) is 40.2. The molecular formula is C41H53N7O8. The normalized spacial score (nSPS) is 28.0. The van der Waals surface area contributed by atoms with Gasteiger partial charge in [0.25, 0.3) is 0 Å². The van der Waals surface area contributed by atoms with E-state index in [9.17, 15) is 33.6 Å². The van der Waals surface area contributed by atoms with Crippen LogP contribution < -0.4 is 21.3 Å². The first-order valence-electron chi connectivity index (χ1n) is 19.7. The predicted octanol–water partition coefficient (Wildman–Crippen LogP) is 2.27. The van der Waals surface area contributed by atoms with Crippen LogP contribution in [0.2, 0.25) is 0 Å². The molecule has 4 aliphatic rings. The van der Waals surface area contributed by atoms with E-state index in [1.165, 1.54) is 21.6 Å². The van der Waals surface area contributed by atoms with Gasteiger partial charge in [0, 0.05) is 31.7 Å². The fourth-order valence-electron chi connectivity index (χ4n) is 8.24. The molecule has 15 heteroatoms. The van der Waals surface area contributed by atoms with Crippen LogP contribution in [-0.4, -0.2) is 118 Å². The van der Waals surface area contributed by atoms with Gasteiger partial charge in [0.1, 0.15) is 42.4 Å². The van der Waals surface area contributed by atoms with Crippen LogP contribution in [0.25, 0.3) is 0 Å². The van der Waals surface area contributed by atoms with Crippen molar-refractivity contribution in [2.24, 2.45) is 5.92 Å². The van der Waals surface area contributed by atoms with Crippen molar-refractivity contribution in [1.29, 1.82) is 0 Å². The van der Waals surface area contributed by atoms with Gasteiger partial charge in [-0.15, -0.1) is 0 Å². The van der Waals surface area contributed by atoms with E-state index < -0.39 is 78.0 Å². The van der Waals surface area contributed by atoms with Crippen molar-refractivity contribution in [2.45, 2.75) is 115 Å². The van der Waals surface area contributed by atoms with Crippen molar-refractivity contribution < 1.29 is 38.3 Å². The second-order valence-corrected chi connectivity index (χ2v) is 15.6. The quantitative estimate of drug-likeness (QED) is 0.322. The molecule has 7 amide bonds. The molecule has 0 aromatic heterocycles. The molecule has 4 heterocycles. The van der Waals surface area contributed by atoms with Crippen molar-refractivity contribution in [3.8, 4) is 0 Å². The minimum Gasteiger partial charge on any atom is -0.458 e. The van der Waals surface area contributed by atoms with E-state index in [1.54, 1.807) is 19.1 Å². The van der Waals surface area contributed by atoms with E-state index in [4.69, 9.17) is 4.74 Å². The maximum Gasteiger partial charge on any atom is 0.329 e. The Morgan fingerprint density at radius 2 is 1.48 bits per heavy atom. The number of nitrogens with zero attached hydrogens (tertiary/aromatic N) is 3. The Kier molecular flexibility index (Phi) is 12.6. The Morgan fingerprint density at radius 3 is 2.21 bits per heavy atom. The van der Waals surface area contributed by atoms with Crippen LogP contribution in [0.15, 0.2) is 54.6 Å². The molecule has 4 N–H and O–H groups in total. The lowest BCUT2D eigenvalue weighted by Crippen LogP contribution is -2.63. The predicted molar refractivity (Wildman–Crippen MR) is 206 cm³/mol. The zero-order valence-electron chi connectivity index (χ0n) is 32.5. The highest BCUT2D eigenvalue weighted by Gasteiger charge is 2.47. The number of carbonyl (C=O) groups excluding carboxylic acids is 7. The molecule has 0 bridgehead atoms. The van der Waals surface area contributed by atoms with E-state index in [0.29, 0.717) is 50.8 Å². The fourth-order valence-corrected chi connectivity index (χ4v) is 8.24. The van der Waals surface area contributed by atoms with Crippen LogP contribution in [-0.2, 0) is 39.9 Å². The average molecular weight is 772 g/mol. The molecule has 6 rings (SSSR count). The molecule has 300 valence electrons. The lowest BCUT2D eigenvalue weighted by molar-refractivity contribution is -0.163. The second kappa shape index (κ2) is 17.5. The summed E-state index contributed by atoms with van der Waals surface area (Å²) in [5, 5.41) is 11.1. The number of anilines is 1. The maximum atomic E-state index is 14.7. The topological polar surface area (TPSA) is 187 Å². The average Bonchev–Trinajstić information content (AvgIpc) is 3.84. The molecular weight excluding hydrogens is 718 g/mol. The molecule has 4 saturated heterocycles. The lowest BCUT2D eigenvalue weighted by atomic mass is 9.99. The molecule has 4 aliphatic heterocycles. The summed E-state index contributed by atoms with van der Waals surface area (Å²) < 4.78 is 5.95. The monoisotopic (exact) mass is 771 g/mol. The Balaban J connectivity index is 1.32. The molecule has 4 fully saturated rings. The van der Waals surface area contributed by atoms with Gasteiger partial charge < -0.3 is 40.7 Å². The number of carbonyl (C=O) groups is 7. The fraction of sp³-hybridized carbons (Fsp3) is 0.537. The Morgan fingerprint density at radius 1 is 0.804 bits per heavy atom. The van der Waals surface area contributed by atoms with E-state index in [2.05, 4.69) is 21.3 Å². The second-order valence-electron chi connectivity index (χ2n) is 15.6. The number of cyclic esters (lactones) is 1. The van der Waals surface area contributed by atoms with Gasteiger partial charge in [0.2, 0.25) is 29.5 Å². The smallest absolute Gasteiger partial charge is 0.329 e. The van der Waals surface area contributed by atoms with Gasteiger partial charge >= 0.3 is 12.0 Å². The molecule has 15 nitrogen and oxygen atoms in total. The minimum atomic E-state index is -1.46. The van der Waals surface area contributed by atoms with Gasteiger partial charge in [0.15, 0.2) is 0 Å². The van der Waals surface area contributed by atoms with Gasteiger partial charge in [-0.25, -0.2) is 9.59 Å². The Bertz CT molecular complexity index is 1810. The molecule has 0 spiro atoms. The van der Waals surface area contributed by atoms with Gasteiger partial charge in [-0.1, -0.05) is 55.0 Å². The van der Waals surface area contributed by atoms with Gasteiger partial charge in [-0.05, 0) is 82.9 Å². The van der Waals surface area contributed by atoms with Crippen LogP contribution in [0.4, 0.5) is 10.5 Å². The third kappa shape index (κ3) is 9.14. The standard InChI is InChI=1S/C41H53N7O8/c1-24-15-17-29(18-16-24)43-41(55)44-30(22-28-11-6-5-7-12-28)35(49)45-34-27(4)56-40(54)33-21-25(2)23-48(33)37(51)26(3)42-36(50)31-13-8-9-19-46(31)38(52)32-14-10-20-47(32)39(34)53/h5-7,11-12,15-18,25-27,30-34H,8-10,13-14,19-23H2,1-4H3,(H,42,50)(H,45,49)(H2,43,44,55)/t25-,26-,27-,30-,31-,32-,33-,34-/m0/s1. The Labute approximate surface area is 327 Å². The molecule has 56 heavy (non-hydrogen) atoms. The molecule has 0 radical (unpaired) electrons. The number of aryl methyl sites for hydroxylation is 1. The van der Waals surface area contributed by atoms with Crippen LogP contribution >= 0.6 is 0 Å². The third-order valence-corrected chi connectivity index (χ3v) is 11.3. The highest BCUT2D eigenvalue weighted by molar-refractivity contribution is 5.98. The van der Waals surface area contributed by atoms with Crippen molar-refractivity contribution >= 4 is 47.2 Å². The van der Waals surface area contributed by atoms with Crippen molar-refractivity contribution in [3.05, 3.63) is 65.7 Å². The summed E-state index contributed by atoms with van der Waals surface area (Å²) in [7, 11) is 0. The molecule has 0 unspecified atom stereocenters. The van der Waals surface area contributed by atoms with Crippen LogP contribution in [0.5, 0.6) is 0 Å². The number of piperidine rings is 1. The van der Waals surface area contributed by atoms with Crippen molar-refractivity contribution in [1.82, 2.24) is 30.7 Å². The van der Waals surface area contributed by atoms with E-state index in [0.717, 1.165) is 11.1 Å². The number of ether oxygens (including phenoxy) is 1. The number of urea groups is 1. The maximum absolute atomic E-state index is 14.7. The number of fused-ring (bicyclic) bond motifs is 3.